The quantitative estimate of drug-likeness (QED) is 0.639. The fourth-order valence-electron chi connectivity index (χ4n) is 3.72. The molecule has 0 N–H and O–H groups in total. The molecule has 0 saturated carbocycles. The first kappa shape index (κ1) is 19.5. The monoisotopic (exact) mass is 416 g/mol. The van der Waals surface area contributed by atoms with Gasteiger partial charge in [-0.2, -0.15) is 4.31 Å². The number of hydrogen-bond acceptors (Lipinski definition) is 4. The number of sulfonamides is 1. The second-order valence-corrected chi connectivity index (χ2v) is 8.57. The predicted molar refractivity (Wildman–Crippen MR) is 106 cm³/mol. The summed E-state index contributed by atoms with van der Waals surface area (Å²) in [5.74, 6) is 0.288. The van der Waals surface area contributed by atoms with Gasteiger partial charge >= 0.3 is 0 Å². The van der Waals surface area contributed by atoms with Gasteiger partial charge in [0.25, 0.3) is 0 Å². The summed E-state index contributed by atoms with van der Waals surface area (Å²) in [6.07, 6.45) is 1.92. The molecule has 2 heterocycles. The third kappa shape index (κ3) is 3.38. The van der Waals surface area contributed by atoms with Gasteiger partial charge in [-0.05, 0) is 42.0 Å². The molecule has 0 radical (unpaired) electrons. The van der Waals surface area contributed by atoms with Crippen molar-refractivity contribution >= 4 is 10.0 Å². The minimum atomic E-state index is -3.94. The molecular weight excluding hydrogens is 395 g/mol. The van der Waals surface area contributed by atoms with Crippen LogP contribution in [0.4, 0.5) is 4.39 Å². The van der Waals surface area contributed by atoms with Crippen LogP contribution in [-0.4, -0.2) is 38.1 Å². The highest BCUT2D eigenvalue weighted by molar-refractivity contribution is 7.89. The minimum absolute atomic E-state index is 0.0338. The molecular formula is C21H21FN2O4S. The third-order valence-electron chi connectivity index (χ3n) is 5.14. The van der Waals surface area contributed by atoms with E-state index in [4.69, 9.17) is 9.47 Å². The average Bonchev–Trinajstić information content (AvgIpc) is 3.22. The van der Waals surface area contributed by atoms with Crippen molar-refractivity contribution in [1.82, 2.24) is 8.87 Å². The Kier molecular flexibility index (Phi) is 5.06. The Morgan fingerprint density at radius 2 is 1.76 bits per heavy atom. The molecule has 1 aliphatic rings. The summed E-state index contributed by atoms with van der Waals surface area (Å²) in [6.45, 7) is 0.790. The second kappa shape index (κ2) is 7.53. The number of ether oxygens (including phenoxy) is 2. The van der Waals surface area contributed by atoms with Crippen LogP contribution in [0.3, 0.4) is 0 Å². The van der Waals surface area contributed by atoms with Gasteiger partial charge in [0.2, 0.25) is 10.0 Å². The summed E-state index contributed by atoms with van der Waals surface area (Å²) in [5.41, 5.74) is 1.52. The number of fused-ring (bicyclic) bond motifs is 1. The number of halogens is 1. The molecule has 1 unspecified atom stereocenters. The largest absolute Gasteiger partial charge is 0.497 e. The van der Waals surface area contributed by atoms with Crippen molar-refractivity contribution in [1.29, 1.82) is 0 Å². The summed E-state index contributed by atoms with van der Waals surface area (Å²) in [4.78, 5) is 0.0338. The molecule has 0 amide bonds. The fourth-order valence-corrected chi connectivity index (χ4v) is 5.47. The molecule has 0 saturated heterocycles. The van der Waals surface area contributed by atoms with Crippen molar-refractivity contribution in [2.45, 2.75) is 17.5 Å². The lowest BCUT2D eigenvalue weighted by atomic mass is 10.0. The van der Waals surface area contributed by atoms with Crippen LogP contribution in [-0.2, 0) is 16.6 Å². The summed E-state index contributed by atoms with van der Waals surface area (Å²) >= 11 is 0. The lowest BCUT2D eigenvalue weighted by Gasteiger charge is -2.36. The summed E-state index contributed by atoms with van der Waals surface area (Å²) in [6, 6.07) is 13.8. The van der Waals surface area contributed by atoms with Gasteiger partial charge in [0, 0.05) is 31.0 Å². The van der Waals surface area contributed by atoms with Crippen LogP contribution in [0.15, 0.2) is 65.7 Å². The molecule has 0 spiro atoms. The highest BCUT2D eigenvalue weighted by atomic mass is 32.2. The molecule has 4 rings (SSSR count). The Labute approximate surface area is 169 Å². The van der Waals surface area contributed by atoms with E-state index in [-0.39, 0.29) is 23.0 Å². The highest BCUT2D eigenvalue weighted by Gasteiger charge is 2.39. The van der Waals surface area contributed by atoms with Crippen LogP contribution in [0.5, 0.6) is 11.5 Å². The zero-order valence-corrected chi connectivity index (χ0v) is 16.9. The van der Waals surface area contributed by atoms with Crippen LogP contribution >= 0.6 is 0 Å². The molecule has 8 heteroatoms. The van der Waals surface area contributed by atoms with Crippen molar-refractivity contribution in [3.8, 4) is 11.5 Å². The first-order valence-corrected chi connectivity index (χ1v) is 10.5. The van der Waals surface area contributed by atoms with E-state index in [1.165, 1.54) is 36.7 Å². The van der Waals surface area contributed by atoms with Crippen molar-refractivity contribution in [2.24, 2.45) is 0 Å². The maximum absolute atomic E-state index is 13.7. The molecule has 0 fully saturated rings. The zero-order chi connectivity index (χ0) is 20.6. The van der Waals surface area contributed by atoms with Crippen LogP contribution in [0.25, 0.3) is 0 Å². The topological polar surface area (TPSA) is 60.8 Å². The molecule has 152 valence electrons. The van der Waals surface area contributed by atoms with Gasteiger partial charge in [0.15, 0.2) is 0 Å². The number of hydrogen-bond donors (Lipinski definition) is 0. The molecule has 0 aliphatic carbocycles. The van der Waals surface area contributed by atoms with Crippen molar-refractivity contribution < 1.29 is 22.3 Å². The number of nitrogens with zero attached hydrogens (tertiary/aromatic N) is 2. The van der Waals surface area contributed by atoms with E-state index < -0.39 is 16.1 Å². The normalized spacial score (nSPS) is 17.0. The van der Waals surface area contributed by atoms with Crippen molar-refractivity contribution in [3.63, 3.8) is 0 Å². The molecule has 1 atom stereocenters. The van der Waals surface area contributed by atoms with Crippen LogP contribution < -0.4 is 9.47 Å². The van der Waals surface area contributed by atoms with Crippen LogP contribution in [0.2, 0.25) is 0 Å². The summed E-state index contributed by atoms with van der Waals surface area (Å²) in [5, 5.41) is 0. The molecule has 1 aromatic heterocycles. The van der Waals surface area contributed by atoms with Gasteiger partial charge in [0.05, 0.1) is 20.3 Å². The first-order chi connectivity index (χ1) is 14.0. The van der Waals surface area contributed by atoms with Crippen molar-refractivity contribution in [3.05, 3.63) is 77.9 Å². The highest BCUT2D eigenvalue weighted by Crippen LogP contribution is 2.39. The van der Waals surface area contributed by atoms with E-state index >= 15 is 0 Å². The van der Waals surface area contributed by atoms with E-state index in [0.29, 0.717) is 17.9 Å². The van der Waals surface area contributed by atoms with Gasteiger partial charge < -0.3 is 14.0 Å². The Morgan fingerprint density at radius 1 is 1.00 bits per heavy atom. The maximum Gasteiger partial charge on any atom is 0.247 e. The van der Waals surface area contributed by atoms with Crippen LogP contribution in [0, 0.1) is 5.82 Å². The summed E-state index contributed by atoms with van der Waals surface area (Å²) in [7, 11) is -1.03. The predicted octanol–water partition coefficient (Wildman–Crippen LogP) is 3.44. The smallest absolute Gasteiger partial charge is 0.247 e. The molecule has 1 aliphatic heterocycles. The molecule has 3 aromatic rings. The Bertz CT molecular complexity index is 1130. The molecule has 6 nitrogen and oxygen atoms in total. The Morgan fingerprint density at radius 3 is 2.45 bits per heavy atom. The van der Waals surface area contributed by atoms with Gasteiger partial charge in [0.1, 0.15) is 22.2 Å². The number of aromatic nitrogens is 1. The van der Waals surface area contributed by atoms with Gasteiger partial charge in [-0.15, -0.1) is 0 Å². The number of benzene rings is 2. The number of methoxy groups -OCH3 is 2. The fraction of sp³-hybridized carbons (Fsp3) is 0.238. The molecule has 0 bridgehead atoms. The lowest BCUT2D eigenvalue weighted by Crippen LogP contribution is -2.42. The van der Waals surface area contributed by atoms with Crippen molar-refractivity contribution in [2.75, 3.05) is 20.8 Å². The minimum Gasteiger partial charge on any atom is -0.497 e. The first-order valence-electron chi connectivity index (χ1n) is 9.10. The standard InChI is InChI=1S/C21H21FN2O4S/c1-27-17-9-10-19(28-2)20(14-17)29(25,26)24-13-12-23-11-3-4-18(23)21(24)15-5-7-16(22)8-6-15/h3-11,14,21H,12-13H2,1-2H3. The Hall–Kier alpha value is -2.84. The zero-order valence-electron chi connectivity index (χ0n) is 16.1. The van der Waals surface area contributed by atoms with Gasteiger partial charge in [-0.1, -0.05) is 12.1 Å². The Balaban J connectivity index is 1.87. The van der Waals surface area contributed by atoms with Gasteiger partial charge in [-0.3, -0.25) is 0 Å². The third-order valence-corrected chi connectivity index (χ3v) is 7.02. The van der Waals surface area contributed by atoms with Gasteiger partial charge in [-0.25, -0.2) is 12.8 Å². The maximum atomic E-state index is 13.7. The lowest BCUT2D eigenvalue weighted by molar-refractivity contribution is 0.296. The van der Waals surface area contributed by atoms with E-state index in [0.717, 1.165) is 5.69 Å². The summed E-state index contributed by atoms with van der Waals surface area (Å²) < 4.78 is 54.9. The van der Waals surface area contributed by atoms with E-state index in [9.17, 15) is 12.8 Å². The van der Waals surface area contributed by atoms with E-state index in [1.54, 1.807) is 24.3 Å². The number of rotatable bonds is 5. The van der Waals surface area contributed by atoms with E-state index in [2.05, 4.69) is 0 Å². The SMILES string of the molecule is COc1ccc(OC)c(S(=O)(=O)N2CCn3cccc3C2c2ccc(F)cc2)c1. The second-order valence-electron chi connectivity index (χ2n) is 6.71. The average molecular weight is 416 g/mol. The van der Waals surface area contributed by atoms with E-state index in [1.807, 2.05) is 22.9 Å². The molecule has 2 aromatic carbocycles. The molecule has 29 heavy (non-hydrogen) atoms. The van der Waals surface area contributed by atoms with Crippen LogP contribution in [0.1, 0.15) is 17.3 Å².